The van der Waals surface area contributed by atoms with Crippen molar-refractivity contribution in [3.05, 3.63) is 62.3 Å². The summed E-state index contributed by atoms with van der Waals surface area (Å²) in [5.41, 5.74) is 0.798. The number of halogens is 4. The van der Waals surface area contributed by atoms with Crippen molar-refractivity contribution in [2.75, 3.05) is 5.32 Å². The van der Waals surface area contributed by atoms with Gasteiger partial charge < -0.3 is 5.32 Å². The van der Waals surface area contributed by atoms with Crippen molar-refractivity contribution in [2.24, 2.45) is 0 Å². The first-order valence-corrected chi connectivity index (χ1v) is 6.73. The Labute approximate surface area is 127 Å². The van der Waals surface area contributed by atoms with Crippen molar-refractivity contribution in [1.82, 2.24) is 0 Å². The van der Waals surface area contributed by atoms with Gasteiger partial charge in [-0.25, -0.2) is 4.39 Å². The lowest BCUT2D eigenvalue weighted by Crippen LogP contribution is -2.11. The van der Waals surface area contributed by atoms with Crippen molar-refractivity contribution in [3.8, 4) is 0 Å². The fourth-order valence-electron chi connectivity index (χ4n) is 1.46. The van der Waals surface area contributed by atoms with E-state index in [2.05, 4.69) is 21.2 Å². The van der Waals surface area contributed by atoms with Crippen molar-refractivity contribution >= 4 is 50.7 Å². The highest BCUT2D eigenvalue weighted by atomic mass is 79.9. The number of amides is 1. The number of nitrogens with one attached hydrogen (secondary N) is 1. The van der Waals surface area contributed by atoms with Gasteiger partial charge in [-0.05, 0) is 36.4 Å². The van der Waals surface area contributed by atoms with Gasteiger partial charge in [0.25, 0.3) is 5.91 Å². The molecule has 0 aromatic heterocycles. The molecule has 2 rings (SSSR count). The average molecular weight is 363 g/mol. The van der Waals surface area contributed by atoms with E-state index in [1.165, 1.54) is 24.3 Å². The van der Waals surface area contributed by atoms with E-state index < -0.39 is 5.82 Å². The first kappa shape index (κ1) is 14.3. The average Bonchev–Trinajstić information content (AvgIpc) is 2.32. The molecule has 1 N–H and O–H groups in total. The minimum Gasteiger partial charge on any atom is -0.322 e. The first-order chi connectivity index (χ1) is 8.95. The molecule has 0 aliphatic rings. The molecule has 0 atom stereocenters. The van der Waals surface area contributed by atoms with E-state index in [0.717, 1.165) is 0 Å². The second kappa shape index (κ2) is 5.90. The van der Waals surface area contributed by atoms with E-state index in [1.807, 2.05) is 0 Å². The molecular weight excluding hydrogens is 356 g/mol. The van der Waals surface area contributed by atoms with Crippen molar-refractivity contribution < 1.29 is 9.18 Å². The molecule has 0 aliphatic carbocycles. The summed E-state index contributed by atoms with van der Waals surface area (Å²) >= 11 is 14.8. The Morgan fingerprint density at radius 1 is 1.16 bits per heavy atom. The topological polar surface area (TPSA) is 29.1 Å². The third-order valence-corrected chi connectivity index (χ3v) is 3.27. The third-order valence-electron chi connectivity index (χ3n) is 2.30. The van der Waals surface area contributed by atoms with Crippen LogP contribution in [0, 0.1) is 5.82 Å². The van der Waals surface area contributed by atoms with Crippen LogP contribution in [0.2, 0.25) is 10.0 Å². The maximum Gasteiger partial charge on any atom is 0.255 e. The maximum absolute atomic E-state index is 13.0. The van der Waals surface area contributed by atoms with Crippen LogP contribution in [0.25, 0.3) is 0 Å². The predicted octanol–water partition coefficient (Wildman–Crippen LogP) is 5.15. The van der Waals surface area contributed by atoms with E-state index in [4.69, 9.17) is 23.2 Å². The summed E-state index contributed by atoms with van der Waals surface area (Å²) in [5, 5.41) is 3.00. The molecule has 98 valence electrons. The molecule has 0 saturated heterocycles. The van der Waals surface area contributed by atoms with Gasteiger partial charge in [0, 0.05) is 20.7 Å². The molecule has 0 spiro atoms. The van der Waals surface area contributed by atoms with Gasteiger partial charge in [-0.3, -0.25) is 4.79 Å². The van der Waals surface area contributed by atoms with E-state index >= 15 is 0 Å². The van der Waals surface area contributed by atoms with Crippen LogP contribution in [0.4, 0.5) is 10.1 Å². The van der Waals surface area contributed by atoms with Crippen LogP contribution in [0.5, 0.6) is 0 Å². The highest BCUT2D eigenvalue weighted by Crippen LogP contribution is 2.22. The molecule has 0 saturated carbocycles. The SMILES string of the molecule is O=C(Nc1ccc(F)c(Cl)c1)c1cc(Cl)cc(Br)c1. The number of carbonyl (C=O) groups excluding carboxylic acids is 1. The van der Waals surface area contributed by atoms with Gasteiger partial charge in [0.05, 0.1) is 5.02 Å². The summed E-state index contributed by atoms with van der Waals surface area (Å²) in [6.07, 6.45) is 0. The van der Waals surface area contributed by atoms with E-state index in [0.29, 0.717) is 20.7 Å². The lowest BCUT2D eigenvalue weighted by molar-refractivity contribution is 0.102. The van der Waals surface area contributed by atoms with Crippen LogP contribution in [-0.2, 0) is 0 Å². The second-order valence-electron chi connectivity index (χ2n) is 3.74. The van der Waals surface area contributed by atoms with E-state index in [-0.39, 0.29) is 10.9 Å². The van der Waals surface area contributed by atoms with Gasteiger partial charge >= 0.3 is 0 Å². The van der Waals surface area contributed by atoms with E-state index in [9.17, 15) is 9.18 Å². The predicted molar refractivity (Wildman–Crippen MR) is 78.5 cm³/mol. The number of hydrogen-bond donors (Lipinski definition) is 1. The Kier molecular flexibility index (Phi) is 4.45. The molecule has 1 amide bonds. The largest absolute Gasteiger partial charge is 0.322 e. The highest BCUT2D eigenvalue weighted by Gasteiger charge is 2.09. The van der Waals surface area contributed by atoms with Crippen LogP contribution >= 0.6 is 39.1 Å². The van der Waals surface area contributed by atoms with Gasteiger partial charge in [-0.15, -0.1) is 0 Å². The zero-order chi connectivity index (χ0) is 14.0. The van der Waals surface area contributed by atoms with Crippen LogP contribution in [0.3, 0.4) is 0 Å². The summed E-state index contributed by atoms with van der Waals surface area (Å²) in [6, 6.07) is 8.80. The van der Waals surface area contributed by atoms with Crippen LogP contribution in [0.15, 0.2) is 40.9 Å². The molecule has 19 heavy (non-hydrogen) atoms. The number of hydrogen-bond acceptors (Lipinski definition) is 1. The molecule has 2 aromatic rings. The summed E-state index contributed by atoms with van der Waals surface area (Å²) in [4.78, 5) is 12.0. The van der Waals surface area contributed by atoms with Crippen molar-refractivity contribution in [3.63, 3.8) is 0 Å². The fourth-order valence-corrected chi connectivity index (χ4v) is 2.50. The van der Waals surface area contributed by atoms with E-state index in [1.54, 1.807) is 12.1 Å². The molecule has 0 heterocycles. The van der Waals surface area contributed by atoms with Crippen LogP contribution in [-0.4, -0.2) is 5.91 Å². The fraction of sp³-hybridized carbons (Fsp3) is 0. The van der Waals surface area contributed by atoms with Crippen molar-refractivity contribution in [1.29, 1.82) is 0 Å². The van der Waals surface area contributed by atoms with Gasteiger partial charge in [-0.1, -0.05) is 39.1 Å². The van der Waals surface area contributed by atoms with Crippen LogP contribution < -0.4 is 5.32 Å². The lowest BCUT2D eigenvalue weighted by atomic mass is 10.2. The number of benzene rings is 2. The summed E-state index contributed by atoms with van der Waals surface area (Å²) in [5.74, 6) is -0.893. The monoisotopic (exact) mass is 361 g/mol. The van der Waals surface area contributed by atoms with Gasteiger partial charge in [0.2, 0.25) is 0 Å². The molecular formula is C13H7BrCl2FNO. The van der Waals surface area contributed by atoms with Gasteiger partial charge in [0.15, 0.2) is 0 Å². The summed E-state index contributed by atoms with van der Waals surface area (Å²) in [6.45, 7) is 0. The Morgan fingerprint density at radius 3 is 2.53 bits per heavy atom. The molecule has 0 radical (unpaired) electrons. The molecule has 2 aromatic carbocycles. The zero-order valence-electron chi connectivity index (χ0n) is 9.38. The number of carbonyl (C=O) groups is 1. The Bertz CT molecular complexity index is 628. The molecule has 0 unspecified atom stereocenters. The van der Waals surface area contributed by atoms with Crippen LogP contribution in [0.1, 0.15) is 10.4 Å². The highest BCUT2D eigenvalue weighted by molar-refractivity contribution is 9.10. The molecule has 0 aliphatic heterocycles. The maximum atomic E-state index is 13.0. The Hall–Kier alpha value is -1.10. The smallest absolute Gasteiger partial charge is 0.255 e. The lowest BCUT2D eigenvalue weighted by Gasteiger charge is -2.07. The minimum atomic E-state index is -0.537. The van der Waals surface area contributed by atoms with Gasteiger partial charge in [0.1, 0.15) is 5.82 Å². The molecule has 0 fully saturated rings. The molecule has 0 bridgehead atoms. The van der Waals surface area contributed by atoms with Gasteiger partial charge in [-0.2, -0.15) is 0 Å². The minimum absolute atomic E-state index is 0.0509. The normalized spacial score (nSPS) is 10.3. The number of rotatable bonds is 2. The van der Waals surface area contributed by atoms with Crippen molar-refractivity contribution in [2.45, 2.75) is 0 Å². The Balaban J connectivity index is 2.22. The zero-order valence-corrected chi connectivity index (χ0v) is 12.5. The second-order valence-corrected chi connectivity index (χ2v) is 5.50. The molecule has 6 heteroatoms. The quantitative estimate of drug-likeness (QED) is 0.786. The standard InChI is InChI=1S/C13H7BrCl2FNO/c14-8-3-7(4-9(15)5-8)13(19)18-10-1-2-12(17)11(16)6-10/h1-6H,(H,18,19). The third kappa shape index (κ3) is 3.69. The summed E-state index contributed by atoms with van der Waals surface area (Å²) in [7, 11) is 0. The Morgan fingerprint density at radius 2 is 1.89 bits per heavy atom. The molecule has 2 nitrogen and oxygen atoms in total. The first-order valence-electron chi connectivity index (χ1n) is 5.18. The summed E-state index contributed by atoms with van der Waals surface area (Å²) < 4.78 is 13.7. The number of anilines is 1.